The van der Waals surface area contributed by atoms with Gasteiger partial charge < -0.3 is 19.5 Å². The van der Waals surface area contributed by atoms with Crippen LogP contribution in [0.5, 0.6) is 11.5 Å². The van der Waals surface area contributed by atoms with E-state index in [0.29, 0.717) is 12.6 Å². The van der Waals surface area contributed by atoms with Gasteiger partial charge >= 0.3 is 0 Å². The molecule has 1 aromatic carbocycles. The van der Waals surface area contributed by atoms with Crippen LogP contribution in [0, 0.1) is 0 Å². The zero-order chi connectivity index (χ0) is 15.1. The Bertz CT molecular complexity index is 428. The third-order valence-electron chi connectivity index (χ3n) is 3.67. The van der Waals surface area contributed by atoms with Crippen LogP contribution in [0.25, 0.3) is 0 Å². The van der Waals surface area contributed by atoms with Crippen molar-refractivity contribution in [3.63, 3.8) is 0 Å². The lowest BCUT2D eigenvalue weighted by molar-refractivity contribution is -0.0116. The van der Waals surface area contributed by atoms with Gasteiger partial charge in [0.15, 0.2) is 11.5 Å². The summed E-state index contributed by atoms with van der Waals surface area (Å²) in [4.78, 5) is 0. The smallest absolute Gasteiger partial charge is 0.165 e. The summed E-state index contributed by atoms with van der Waals surface area (Å²) in [6, 6.07) is 6.45. The largest absolute Gasteiger partial charge is 0.493 e. The van der Waals surface area contributed by atoms with Gasteiger partial charge in [-0.25, -0.2) is 0 Å². The first kappa shape index (κ1) is 16.1. The molecule has 0 bridgehead atoms. The Hall–Kier alpha value is -1.26. The molecule has 0 radical (unpaired) electrons. The maximum absolute atomic E-state index is 6.04. The van der Waals surface area contributed by atoms with E-state index >= 15 is 0 Å². The Kier molecular flexibility index (Phi) is 6.33. The molecule has 1 unspecified atom stereocenters. The third kappa shape index (κ3) is 4.90. The number of benzene rings is 1. The fourth-order valence-corrected chi connectivity index (χ4v) is 2.45. The Morgan fingerprint density at radius 1 is 1.33 bits per heavy atom. The lowest BCUT2D eigenvalue weighted by atomic mass is 10.1. The van der Waals surface area contributed by atoms with E-state index in [1.165, 1.54) is 6.42 Å². The van der Waals surface area contributed by atoms with E-state index in [1.54, 1.807) is 7.11 Å². The molecule has 0 saturated carbocycles. The van der Waals surface area contributed by atoms with Crippen molar-refractivity contribution in [3.8, 4) is 11.5 Å². The maximum Gasteiger partial charge on any atom is 0.165 e. The fourth-order valence-electron chi connectivity index (χ4n) is 2.45. The monoisotopic (exact) mass is 293 g/mol. The third-order valence-corrected chi connectivity index (χ3v) is 3.67. The molecule has 0 aliphatic carbocycles. The Labute approximate surface area is 127 Å². The molecule has 1 atom stereocenters. The molecule has 1 saturated heterocycles. The van der Waals surface area contributed by atoms with E-state index in [-0.39, 0.29) is 6.10 Å². The molecule has 1 aliphatic rings. The summed E-state index contributed by atoms with van der Waals surface area (Å²) >= 11 is 0. The number of methoxy groups -OCH3 is 1. The van der Waals surface area contributed by atoms with Crippen LogP contribution in [-0.4, -0.2) is 32.5 Å². The molecule has 0 aromatic heterocycles. The molecule has 4 nitrogen and oxygen atoms in total. The highest BCUT2D eigenvalue weighted by Gasteiger charge is 2.17. The number of rotatable bonds is 7. The quantitative estimate of drug-likeness (QED) is 0.838. The second-order valence-corrected chi connectivity index (χ2v) is 5.78. The van der Waals surface area contributed by atoms with Gasteiger partial charge in [-0.15, -0.1) is 0 Å². The van der Waals surface area contributed by atoms with E-state index in [2.05, 4.69) is 25.2 Å². The average molecular weight is 293 g/mol. The lowest BCUT2D eigenvalue weighted by Gasteiger charge is -2.24. The van der Waals surface area contributed by atoms with E-state index in [9.17, 15) is 0 Å². The lowest BCUT2D eigenvalue weighted by Crippen LogP contribution is -2.27. The van der Waals surface area contributed by atoms with E-state index in [0.717, 1.165) is 43.1 Å². The van der Waals surface area contributed by atoms with Gasteiger partial charge in [-0.3, -0.25) is 0 Å². The van der Waals surface area contributed by atoms with Gasteiger partial charge in [0.2, 0.25) is 0 Å². The summed E-state index contributed by atoms with van der Waals surface area (Å²) < 4.78 is 17.2. The summed E-state index contributed by atoms with van der Waals surface area (Å²) in [5.74, 6) is 1.62. The van der Waals surface area contributed by atoms with Crippen LogP contribution in [0.1, 0.15) is 38.7 Å². The van der Waals surface area contributed by atoms with Crippen LogP contribution in [0.4, 0.5) is 0 Å². The molecular formula is C17H27NO3. The van der Waals surface area contributed by atoms with Crippen molar-refractivity contribution in [1.29, 1.82) is 0 Å². The summed E-state index contributed by atoms with van der Waals surface area (Å²) in [5.41, 5.74) is 1.12. The van der Waals surface area contributed by atoms with Crippen LogP contribution < -0.4 is 14.8 Å². The minimum Gasteiger partial charge on any atom is -0.493 e. The zero-order valence-electron chi connectivity index (χ0n) is 13.4. The second-order valence-electron chi connectivity index (χ2n) is 5.78. The molecule has 1 N–H and O–H groups in total. The van der Waals surface area contributed by atoms with Crippen molar-refractivity contribution in [3.05, 3.63) is 23.8 Å². The number of hydrogen-bond donors (Lipinski definition) is 1. The van der Waals surface area contributed by atoms with Gasteiger partial charge in [0.25, 0.3) is 0 Å². The molecule has 4 heteroatoms. The SMILES string of the molecule is COc1cccc(CNC(C)C)c1OCC1CCCCO1. The van der Waals surface area contributed by atoms with Crippen LogP contribution in [0.3, 0.4) is 0 Å². The van der Waals surface area contributed by atoms with Crippen molar-refractivity contribution in [1.82, 2.24) is 5.32 Å². The van der Waals surface area contributed by atoms with Crippen molar-refractivity contribution in [2.24, 2.45) is 0 Å². The first-order valence-electron chi connectivity index (χ1n) is 7.84. The van der Waals surface area contributed by atoms with Gasteiger partial charge in [0.1, 0.15) is 6.61 Å². The predicted molar refractivity (Wildman–Crippen MR) is 84.1 cm³/mol. The number of para-hydroxylation sites is 1. The first-order valence-corrected chi connectivity index (χ1v) is 7.84. The minimum atomic E-state index is 0.203. The normalized spacial score (nSPS) is 18.8. The number of nitrogens with one attached hydrogen (secondary N) is 1. The fraction of sp³-hybridized carbons (Fsp3) is 0.647. The highest BCUT2D eigenvalue weighted by Crippen LogP contribution is 2.31. The van der Waals surface area contributed by atoms with Crippen LogP contribution in [0.2, 0.25) is 0 Å². The highest BCUT2D eigenvalue weighted by molar-refractivity contribution is 5.46. The van der Waals surface area contributed by atoms with E-state index in [1.807, 2.05) is 12.1 Å². The number of hydrogen-bond acceptors (Lipinski definition) is 4. The summed E-state index contributed by atoms with van der Waals surface area (Å²) in [5, 5.41) is 3.42. The Balaban J connectivity index is 2.03. The summed E-state index contributed by atoms with van der Waals surface area (Å²) in [6.07, 6.45) is 3.67. The molecule has 21 heavy (non-hydrogen) atoms. The molecule has 118 valence electrons. The standard InChI is InChI=1S/C17H27NO3/c1-13(2)18-11-14-7-6-9-16(19-3)17(14)21-12-15-8-4-5-10-20-15/h6-7,9,13,15,18H,4-5,8,10-12H2,1-3H3. The van der Waals surface area contributed by atoms with Gasteiger partial charge in [-0.2, -0.15) is 0 Å². The Morgan fingerprint density at radius 3 is 2.86 bits per heavy atom. The molecular weight excluding hydrogens is 266 g/mol. The zero-order valence-corrected chi connectivity index (χ0v) is 13.4. The molecule has 1 heterocycles. The van der Waals surface area contributed by atoms with Crippen molar-refractivity contribution in [2.45, 2.75) is 51.8 Å². The van der Waals surface area contributed by atoms with Gasteiger partial charge in [-0.1, -0.05) is 26.0 Å². The second kappa shape index (κ2) is 8.25. The van der Waals surface area contributed by atoms with Crippen molar-refractivity contribution in [2.75, 3.05) is 20.3 Å². The molecule has 0 amide bonds. The molecule has 2 rings (SSSR count). The first-order chi connectivity index (χ1) is 10.2. The van der Waals surface area contributed by atoms with Crippen LogP contribution in [-0.2, 0) is 11.3 Å². The molecule has 0 spiro atoms. The van der Waals surface area contributed by atoms with Gasteiger partial charge in [0.05, 0.1) is 13.2 Å². The van der Waals surface area contributed by atoms with Crippen LogP contribution >= 0.6 is 0 Å². The number of ether oxygens (including phenoxy) is 3. The average Bonchev–Trinajstić information content (AvgIpc) is 2.52. The molecule has 1 aliphatic heterocycles. The van der Waals surface area contributed by atoms with E-state index < -0.39 is 0 Å². The topological polar surface area (TPSA) is 39.7 Å². The highest BCUT2D eigenvalue weighted by atomic mass is 16.5. The van der Waals surface area contributed by atoms with Crippen molar-refractivity contribution >= 4 is 0 Å². The maximum atomic E-state index is 6.04. The van der Waals surface area contributed by atoms with Gasteiger partial charge in [-0.05, 0) is 25.3 Å². The summed E-state index contributed by atoms with van der Waals surface area (Å²) in [6.45, 7) is 6.49. The Morgan fingerprint density at radius 2 is 2.19 bits per heavy atom. The van der Waals surface area contributed by atoms with Crippen molar-refractivity contribution < 1.29 is 14.2 Å². The van der Waals surface area contributed by atoms with Gasteiger partial charge in [0, 0.05) is 24.8 Å². The van der Waals surface area contributed by atoms with E-state index in [4.69, 9.17) is 14.2 Å². The predicted octanol–water partition coefficient (Wildman–Crippen LogP) is 3.14. The minimum absolute atomic E-state index is 0.203. The molecule has 1 aromatic rings. The van der Waals surface area contributed by atoms with Crippen LogP contribution in [0.15, 0.2) is 18.2 Å². The summed E-state index contributed by atoms with van der Waals surface area (Å²) in [7, 11) is 1.68. The molecule has 1 fully saturated rings.